The number of nitrogen functional groups attached to an aromatic ring is 1. The number of aromatic nitrogens is 3. The normalized spacial score (nSPS) is 10.7. The molecule has 0 unspecified atom stereocenters. The third-order valence-electron chi connectivity index (χ3n) is 3.31. The minimum atomic E-state index is 0.215. The van der Waals surface area contributed by atoms with Gasteiger partial charge in [-0.25, -0.2) is 4.68 Å². The van der Waals surface area contributed by atoms with Gasteiger partial charge in [-0.1, -0.05) is 35.0 Å². The van der Waals surface area contributed by atoms with E-state index < -0.39 is 0 Å². The van der Waals surface area contributed by atoms with Gasteiger partial charge in [0.15, 0.2) is 5.82 Å². The largest absolute Gasteiger partial charge is 0.493 e. The third-order valence-corrected chi connectivity index (χ3v) is 4.72. The first-order valence-electron chi connectivity index (χ1n) is 7.71. The van der Waals surface area contributed by atoms with E-state index in [0.717, 1.165) is 5.75 Å². The molecule has 0 radical (unpaired) electrons. The molecule has 0 aliphatic carbocycles. The molecule has 136 valence electrons. The first-order valence-corrected chi connectivity index (χ1v) is 9.45. The van der Waals surface area contributed by atoms with Crippen LogP contribution in [0.3, 0.4) is 0 Å². The number of hydrogen-bond acceptors (Lipinski definition) is 6. The Bertz CT molecular complexity index is 841. The second-order valence-electron chi connectivity index (χ2n) is 5.16. The average Bonchev–Trinajstić information content (AvgIpc) is 3.00. The molecule has 0 saturated heterocycles. The predicted octanol–water partition coefficient (Wildman–Crippen LogP) is 4.05. The van der Waals surface area contributed by atoms with E-state index in [2.05, 4.69) is 10.2 Å². The van der Waals surface area contributed by atoms with Crippen molar-refractivity contribution in [2.75, 3.05) is 18.2 Å². The summed E-state index contributed by atoms with van der Waals surface area (Å²) in [5, 5.41) is 10.1. The maximum absolute atomic E-state index is 6.02. The van der Waals surface area contributed by atoms with Gasteiger partial charge in [-0.05, 0) is 48.5 Å². The molecule has 3 rings (SSSR count). The number of thioether (sulfide) groups is 1. The Kier molecular flexibility index (Phi) is 6.49. The van der Waals surface area contributed by atoms with Crippen molar-refractivity contribution < 1.29 is 9.47 Å². The zero-order valence-corrected chi connectivity index (χ0v) is 16.0. The minimum Gasteiger partial charge on any atom is -0.493 e. The molecule has 2 N–H and O–H groups in total. The molecule has 0 spiro atoms. The summed E-state index contributed by atoms with van der Waals surface area (Å²) in [6.45, 7) is 0.725. The summed E-state index contributed by atoms with van der Waals surface area (Å²) in [6, 6.07) is 14.3. The fourth-order valence-electron chi connectivity index (χ4n) is 2.01. The Labute approximate surface area is 165 Å². The first-order chi connectivity index (χ1) is 12.6. The number of halogens is 2. The van der Waals surface area contributed by atoms with Gasteiger partial charge < -0.3 is 15.3 Å². The van der Waals surface area contributed by atoms with Crippen LogP contribution in [0.15, 0.2) is 53.7 Å². The standard InChI is InChI=1S/C17H16Cl2N4O2S/c18-12-1-5-14(6-2-12)24-9-10-26-17-22-21-16(23(17)20)11-25-15-7-3-13(19)4-8-15/h1-8H,9-11,20H2. The lowest BCUT2D eigenvalue weighted by atomic mass is 10.3. The van der Waals surface area contributed by atoms with Crippen molar-refractivity contribution in [1.29, 1.82) is 0 Å². The van der Waals surface area contributed by atoms with Gasteiger partial charge in [0.25, 0.3) is 0 Å². The summed E-state index contributed by atoms with van der Waals surface area (Å²) in [6.07, 6.45) is 0. The minimum absolute atomic E-state index is 0.215. The predicted molar refractivity (Wildman–Crippen MR) is 104 cm³/mol. The van der Waals surface area contributed by atoms with Crippen LogP contribution in [-0.2, 0) is 6.61 Å². The Morgan fingerprint density at radius 2 is 1.46 bits per heavy atom. The highest BCUT2D eigenvalue weighted by molar-refractivity contribution is 7.99. The number of hydrogen-bond donors (Lipinski definition) is 1. The molecule has 0 fully saturated rings. The Hall–Kier alpha value is -2.09. The topological polar surface area (TPSA) is 75.2 Å². The number of benzene rings is 2. The summed E-state index contributed by atoms with van der Waals surface area (Å²) in [7, 11) is 0. The average molecular weight is 411 g/mol. The van der Waals surface area contributed by atoms with Crippen molar-refractivity contribution in [2.45, 2.75) is 11.8 Å². The fourth-order valence-corrected chi connectivity index (χ4v) is 2.95. The van der Waals surface area contributed by atoms with Crippen LogP contribution in [0.4, 0.5) is 0 Å². The second-order valence-corrected chi connectivity index (χ2v) is 7.10. The molecule has 9 heteroatoms. The maximum Gasteiger partial charge on any atom is 0.210 e. The molecule has 2 aromatic carbocycles. The molecule has 3 aromatic rings. The monoisotopic (exact) mass is 410 g/mol. The van der Waals surface area contributed by atoms with Gasteiger partial charge in [0, 0.05) is 15.8 Å². The first kappa shape index (κ1) is 18.7. The van der Waals surface area contributed by atoms with Gasteiger partial charge in [0.1, 0.15) is 18.1 Å². The Balaban J connectivity index is 1.45. The molecule has 0 aliphatic rings. The van der Waals surface area contributed by atoms with Gasteiger partial charge in [-0.3, -0.25) is 0 Å². The van der Waals surface area contributed by atoms with Crippen molar-refractivity contribution in [1.82, 2.24) is 14.9 Å². The molecule has 1 heterocycles. The van der Waals surface area contributed by atoms with Crippen LogP contribution in [0.25, 0.3) is 0 Å². The lowest BCUT2D eigenvalue weighted by Gasteiger charge is -2.07. The van der Waals surface area contributed by atoms with Crippen molar-refractivity contribution in [3.63, 3.8) is 0 Å². The van der Waals surface area contributed by atoms with Gasteiger partial charge >= 0.3 is 0 Å². The number of rotatable bonds is 8. The molecule has 0 atom stereocenters. The number of nitrogens with zero attached hydrogens (tertiary/aromatic N) is 3. The maximum atomic E-state index is 6.02. The molecule has 6 nitrogen and oxygen atoms in total. The lowest BCUT2D eigenvalue weighted by molar-refractivity contribution is 0.291. The van der Waals surface area contributed by atoms with E-state index in [-0.39, 0.29) is 6.61 Å². The molecular weight excluding hydrogens is 395 g/mol. The molecule has 26 heavy (non-hydrogen) atoms. The SMILES string of the molecule is Nn1c(COc2ccc(Cl)cc2)nnc1SCCOc1ccc(Cl)cc1. The van der Waals surface area contributed by atoms with E-state index in [1.807, 2.05) is 12.1 Å². The van der Waals surface area contributed by atoms with Crippen LogP contribution in [0.2, 0.25) is 10.0 Å². The van der Waals surface area contributed by atoms with Crippen molar-refractivity contribution in [2.24, 2.45) is 0 Å². The van der Waals surface area contributed by atoms with E-state index in [1.54, 1.807) is 36.4 Å². The van der Waals surface area contributed by atoms with Crippen LogP contribution in [0.5, 0.6) is 11.5 Å². The van der Waals surface area contributed by atoms with Gasteiger partial charge in [0.2, 0.25) is 5.16 Å². The molecule has 0 bridgehead atoms. The molecule has 1 aromatic heterocycles. The molecule has 0 aliphatic heterocycles. The highest BCUT2D eigenvalue weighted by Crippen LogP contribution is 2.19. The Morgan fingerprint density at radius 1 is 0.885 bits per heavy atom. The van der Waals surface area contributed by atoms with Crippen LogP contribution in [-0.4, -0.2) is 27.2 Å². The van der Waals surface area contributed by atoms with E-state index in [4.69, 9.17) is 38.5 Å². The number of nitrogens with two attached hydrogens (primary N) is 1. The quantitative estimate of drug-likeness (QED) is 0.343. The van der Waals surface area contributed by atoms with E-state index in [9.17, 15) is 0 Å². The third kappa shape index (κ3) is 5.20. The lowest BCUT2D eigenvalue weighted by Crippen LogP contribution is -2.16. The van der Waals surface area contributed by atoms with Crippen LogP contribution >= 0.6 is 35.0 Å². The van der Waals surface area contributed by atoms with Gasteiger partial charge in [-0.15, -0.1) is 10.2 Å². The Morgan fingerprint density at radius 3 is 2.08 bits per heavy atom. The highest BCUT2D eigenvalue weighted by Gasteiger charge is 2.11. The highest BCUT2D eigenvalue weighted by atomic mass is 35.5. The van der Waals surface area contributed by atoms with Gasteiger partial charge in [-0.2, -0.15) is 0 Å². The fraction of sp³-hybridized carbons (Fsp3) is 0.176. The van der Waals surface area contributed by atoms with Crippen LogP contribution < -0.4 is 15.3 Å². The van der Waals surface area contributed by atoms with Crippen LogP contribution in [0.1, 0.15) is 5.82 Å². The summed E-state index contributed by atoms with van der Waals surface area (Å²) >= 11 is 13.1. The van der Waals surface area contributed by atoms with E-state index in [1.165, 1.54) is 16.4 Å². The summed E-state index contributed by atoms with van der Waals surface area (Å²) in [4.78, 5) is 0. The summed E-state index contributed by atoms with van der Waals surface area (Å²) in [5.74, 6) is 8.67. The zero-order valence-electron chi connectivity index (χ0n) is 13.6. The summed E-state index contributed by atoms with van der Waals surface area (Å²) < 4.78 is 12.7. The molecule has 0 amide bonds. The second kappa shape index (κ2) is 9.02. The van der Waals surface area contributed by atoms with Crippen molar-refractivity contribution in [3.8, 4) is 11.5 Å². The smallest absolute Gasteiger partial charge is 0.210 e. The molecule has 0 saturated carbocycles. The van der Waals surface area contributed by atoms with E-state index in [0.29, 0.717) is 39.1 Å². The summed E-state index contributed by atoms with van der Waals surface area (Å²) in [5.41, 5.74) is 0. The zero-order chi connectivity index (χ0) is 18.4. The van der Waals surface area contributed by atoms with Gasteiger partial charge in [0.05, 0.1) is 6.61 Å². The number of ether oxygens (including phenoxy) is 2. The van der Waals surface area contributed by atoms with Crippen LogP contribution in [0, 0.1) is 0 Å². The van der Waals surface area contributed by atoms with E-state index >= 15 is 0 Å². The van der Waals surface area contributed by atoms with Crippen molar-refractivity contribution >= 4 is 35.0 Å². The van der Waals surface area contributed by atoms with Crippen molar-refractivity contribution in [3.05, 3.63) is 64.4 Å². The molecular formula is C17H16Cl2N4O2S.